The van der Waals surface area contributed by atoms with Crippen molar-refractivity contribution in [3.63, 3.8) is 0 Å². The number of carboxylic acid groups (broad SMARTS) is 1. The number of ether oxygens (including phenoxy) is 1. The summed E-state index contributed by atoms with van der Waals surface area (Å²) >= 11 is 14.5. The van der Waals surface area contributed by atoms with Gasteiger partial charge < -0.3 is 15.2 Å². The summed E-state index contributed by atoms with van der Waals surface area (Å²) in [5, 5.41) is 14.5. The molecule has 2 aromatic rings. The van der Waals surface area contributed by atoms with E-state index in [0.29, 0.717) is 11.3 Å². The van der Waals surface area contributed by atoms with Crippen LogP contribution in [0, 0.1) is 6.92 Å². The number of carbonyl (C=O) groups is 2. The summed E-state index contributed by atoms with van der Waals surface area (Å²) in [6.45, 7) is 1.81. The summed E-state index contributed by atoms with van der Waals surface area (Å²) in [6, 6.07) is 7.56. The Bertz CT molecular complexity index is 905. The average Bonchev–Trinajstić information content (AvgIpc) is 2.55. The zero-order valence-electron chi connectivity index (χ0n) is 13.7. The van der Waals surface area contributed by atoms with E-state index in [2.05, 4.69) is 26.6 Å². The predicted octanol–water partition coefficient (Wildman–Crippen LogP) is 4.24. The first-order valence-electron chi connectivity index (χ1n) is 7.22. The van der Waals surface area contributed by atoms with Gasteiger partial charge >= 0.3 is 5.97 Å². The molecule has 2 aromatic carbocycles. The van der Waals surface area contributed by atoms with Crippen LogP contribution in [0.3, 0.4) is 0 Å². The first kappa shape index (κ1) is 20.2. The number of halogens is 2. The van der Waals surface area contributed by atoms with Crippen molar-refractivity contribution in [3.8, 4) is 5.75 Å². The van der Waals surface area contributed by atoms with E-state index in [9.17, 15) is 9.59 Å². The van der Waals surface area contributed by atoms with Gasteiger partial charge in [0.25, 0.3) is 5.91 Å². The Balaban J connectivity index is 2.20. The minimum absolute atomic E-state index is 0.0286. The summed E-state index contributed by atoms with van der Waals surface area (Å²) in [5.41, 5.74) is 1.39. The number of hydrogen-bond donors (Lipinski definition) is 3. The molecule has 3 N–H and O–H groups in total. The van der Waals surface area contributed by atoms with Gasteiger partial charge in [-0.25, -0.2) is 4.79 Å². The van der Waals surface area contributed by atoms with Crippen LogP contribution in [0.4, 0.5) is 5.69 Å². The number of carbonyl (C=O) groups excluding carboxylic acids is 1. The normalized spacial score (nSPS) is 10.2. The molecule has 9 heteroatoms. The van der Waals surface area contributed by atoms with Crippen molar-refractivity contribution in [2.45, 2.75) is 6.92 Å². The lowest BCUT2D eigenvalue weighted by atomic mass is 10.1. The second-order valence-electron chi connectivity index (χ2n) is 5.21. The van der Waals surface area contributed by atoms with E-state index in [1.807, 2.05) is 13.0 Å². The second-order valence-corrected chi connectivity index (χ2v) is 6.94. The minimum Gasteiger partial charge on any atom is -0.496 e. The molecule has 1 amide bonds. The van der Waals surface area contributed by atoms with E-state index < -0.39 is 11.9 Å². The van der Waals surface area contributed by atoms with Crippen LogP contribution in [0.2, 0.25) is 5.02 Å². The van der Waals surface area contributed by atoms with Gasteiger partial charge in [-0.15, -0.1) is 0 Å². The highest BCUT2D eigenvalue weighted by molar-refractivity contribution is 9.10. The number of hydrogen-bond acceptors (Lipinski definition) is 4. The summed E-state index contributed by atoms with van der Waals surface area (Å²) in [4.78, 5) is 23.6. The van der Waals surface area contributed by atoms with Gasteiger partial charge in [0.2, 0.25) is 0 Å². The molecule has 0 radical (unpaired) electrons. The molecule has 2 rings (SSSR count). The van der Waals surface area contributed by atoms with Gasteiger partial charge in [0, 0.05) is 4.47 Å². The van der Waals surface area contributed by atoms with Crippen LogP contribution < -0.4 is 15.4 Å². The largest absolute Gasteiger partial charge is 0.496 e. The Kier molecular flexibility index (Phi) is 6.57. The SMILES string of the molecule is COc1c(C)cc(Br)cc1C(=O)NC(=S)Nc1cc(C(=O)O)ccc1Cl. The quantitative estimate of drug-likeness (QED) is 0.595. The molecule has 0 spiro atoms. The number of thiocarbonyl (C=S) groups is 1. The number of aromatic carboxylic acids is 1. The zero-order chi connectivity index (χ0) is 19.4. The first-order chi connectivity index (χ1) is 12.2. The number of anilines is 1. The number of aryl methyl sites for hydroxylation is 1. The Labute approximate surface area is 168 Å². The third-order valence-electron chi connectivity index (χ3n) is 3.38. The molecule has 26 heavy (non-hydrogen) atoms. The molecule has 0 aliphatic carbocycles. The van der Waals surface area contributed by atoms with Crippen LogP contribution in [0.1, 0.15) is 26.3 Å². The van der Waals surface area contributed by atoms with Crippen LogP contribution in [0.15, 0.2) is 34.8 Å². The highest BCUT2D eigenvalue weighted by Crippen LogP contribution is 2.28. The number of nitrogens with one attached hydrogen (secondary N) is 2. The Morgan fingerprint density at radius 1 is 1.27 bits per heavy atom. The van der Waals surface area contributed by atoms with Crippen molar-refractivity contribution < 1.29 is 19.4 Å². The summed E-state index contributed by atoms with van der Waals surface area (Å²) in [7, 11) is 1.47. The number of carboxylic acids is 1. The van der Waals surface area contributed by atoms with Gasteiger partial charge in [-0.05, 0) is 55.0 Å². The number of methoxy groups -OCH3 is 1. The van der Waals surface area contributed by atoms with E-state index in [0.717, 1.165) is 10.0 Å². The van der Waals surface area contributed by atoms with Crippen molar-refractivity contribution in [1.29, 1.82) is 0 Å². The monoisotopic (exact) mass is 456 g/mol. The molecule has 0 heterocycles. The third kappa shape index (κ3) is 4.72. The molecule has 0 fully saturated rings. The topological polar surface area (TPSA) is 87.7 Å². The Morgan fingerprint density at radius 2 is 1.96 bits per heavy atom. The third-order valence-corrected chi connectivity index (χ3v) is 4.37. The standard InChI is InChI=1S/C17H14BrClN2O4S/c1-8-5-10(18)7-11(14(8)25-2)15(22)21-17(26)20-13-6-9(16(23)24)3-4-12(13)19/h3-7H,1-2H3,(H,23,24)(H2,20,21,22,26). The Morgan fingerprint density at radius 3 is 2.58 bits per heavy atom. The average molecular weight is 458 g/mol. The van der Waals surface area contributed by atoms with Crippen LogP contribution in [0.5, 0.6) is 5.75 Å². The fraction of sp³-hybridized carbons (Fsp3) is 0.118. The molecule has 136 valence electrons. The lowest BCUT2D eigenvalue weighted by molar-refractivity contribution is 0.0696. The molecule has 0 atom stereocenters. The zero-order valence-corrected chi connectivity index (χ0v) is 16.9. The lowest BCUT2D eigenvalue weighted by Gasteiger charge is -2.14. The maximum Gasteiger partial charge on any atom is 0.335 e. The van der Waals surface area contributed by atoms with Crippen LogP contribution in [-0.4, -0.2) is 29.2 Å². The van der Waals surface area contributed by atoms with E-state index >= 15 is 0 Å². The molecule has 0 unspecified atom stereocenters. The smallest absolute Gasteiger partial charge is 0.335 e. The van der Waals surface area contributed by atoms with Gasteiger partial charge in [-0.1, -0.05) is 27.5 Å². The number of benzene rings is 2. The molecule has 0 aromatic heterocycles. The molecule has 0 bridgehead atoms. The van der Waals surface area contributed by atoms with Crippen molar-refractivity contribution in [2.75, 3.05) is 12.4 Å². The Hall–Kier alpha value is -2.16. The van der Waals surface area contributed by atoms with E-state index in [1.165, 1.54) is 25.3 Å². The molecular formula is C17H14BrClN2O4S. The molecule has 0 aliphatic rings. The van der Waals surface area contributed by atoms with Gasteiger partial charge in [0.1, 0.15) is 5.75 Å². The molecule has 0 saturated carbocycles. The highest BCUT2D eigenvalue weighted by Gasteiger charge is 2.17. The summed E-state index contributed by atoms with van der Waals surface area (Å²) in [6.07, 6.45) is 0. The van der Waals surface area contributed by atoms with Crippen molar-refractivity contribution in [2.24, 2.45) is 0 Å². The van der Waals surface area contributed by atoms with Gasteiger partial charge in [0.05, 0.1) is 28.9 Å². The van der Waals surface area contributed by atoms with E-state index in [-0.39, 0.29) is 21.4 Å². The predicted molar refractivity (Wildman–Crippen MR) is 108 cm³/mol. The van der Waals surface area contributed by atoms with Crippen LogP contribution in [-0.2, 0) is 0 Å². The number of rotatable bonds is 4. The van der Waals surface area contributed by atoms with Crippen LogP contribution in [0.25, 0.3) is 0 Å². The first-order valence-corrected chi connectivity index (χ1v) is 8.80. The van der Waals surface area contributed by atoms with Gasteiger partial charge in [-0.3, -0.25) is 10.1 Å². The fourth-order valence-corrected chi connectivity index (χ4v) is 3.19. The maximum absolute atomic E-state index is 12.5. The fourth-order valence-electron chi connectivity index (χ4n) is 2.25. The molecule has 0 aliphatic heterocycles. The van der Waals surface area contributed by atoms with Gasteiger partial charge in [0.15, 0.2) is 5.11 Å². The van der Waals surface area contributed by atoms with Gasteiger partial charge in [-0.2, -0.15) is 0 Å². The maximum atomic E-state index is 12.5. The minimum atomic E-state index is -1.10. The van der Waals surface area contributed by atoms with Crippen LogP contribution >= 0.6 is 39.7 Å². The number of amides is 1. The molecular weight excluding hydrogens is 444 g/mol. The van der Waals surface area contributed by atoms with Crippen molar-refractivity contribution in [3.05, 3.63) is 56.5 Å². The van der Waals surface area contributed by atoms with Crippen molar-refractivity contribution >= 4 is 62.4 Å². The molecule has 6 nitrogen and oxygen atoms in total. The molecule has 0 saturated heterocycles. The van der Waals surface area contributed by atoms with E-state index in [1.54, 1.807) is 6.07 Å². The lowest BCUT2D eigenvalue weighted by Crippen LogP contribution is -2.34. The highest BCUT2D eigenvalue weighted by atomic mass is 79.9. The summed E-state index contributed by atoms with van der Waals surface area (Å²) < 4.78 is 6.00. The van der Waals surface area contributed by atoms with E-state index in [4.69, 9.17) is 33.7 Å². The van der Waals surface area contributed by atoms with Crippen molar-refractivity contribution in [1.82, 2.24) is 5.32 Å². The summed E-state index contributed by atoms with van der Waals surface area (Å²) in [5.74, 6) is -1.15. The second kappa shape index (κ2) is 8.48.